The van der Waals surface area contributed by atoms with E-state index in [0.717, 1.165) is 31.7 Å². The number of carbonyl (C=O) groups is 1. The normalized spacial score (nSPS) is 26.3. The van der Waals surface area contributed by atoms with E-state index in [-0.39, 0.29) is 18.1 Å². The van der Waals surface area contributed by atoms with Gasteiger partial charge in [0, 0.05) is 18.7 Å². The topological polar surface area (TPSA) is 50.4 Å². The summed E-state index contributed by atoms with van der Waals surface area (Å²) in [6.45, 7) is 6.17. The lowest BCUT2D eigenvalue weighted by molar-refractivity contribution is -0.116. The number of likely N-dealkylation sites (N-methyl/N-ethyl adjacent to an activating group) is 1. The summed E-state index contributed by atoms with van der Waals surface area (Å²) in [5.74, 6) is 0.691. The molecule has 4 heteroatoms. The number of aryl methyl sites for hydroxylation is 1. The highest BCUT2D eigenvalue weighted by Gasteiger charge is 2.33. The summed E-state index contributed by atoms with van der Waals surface area (Å²) in [5.41, 5.74) is 3.47. The lowest BCUT2D eigenvalue weighted by Crippen LogP contribution is -2.35. The number of benzene rings is 1. The quantitative estimate of drug-likeness (QED) is 0.895. The minimum atomic E-state index is 0.117. The molecule has 0 radical (unpaired) electrons. The van der Waals surface area contributed by atoms with Gasteiger partial charge in [0.15, 0.2) is 0 Å². The van der Waals surface area contributed by atoms with Crippen LogP contribution in [0.15, 0.2) is 18.2 Å². The predicted octanol–water partition coefficient (Wildman–Crippen LogP) is 2.65. The average molecular weight is 288 g/mol. The van der Waals surface area contributed by atoms with Crippen LogP contribution in [-0.2, 0) is 16.0 Å². The molecule has 0 aliphatic carbocycles. The summed E-state index contributed by atoms with van der Waals surface area (Å²) in [4.78, 5) is 11.5. The number of rotatable bonds is 4. The van der Waals surface area contributed by atoms with Crippen molar-refractivity contribution in [3.05, 3.63) is 29.3 Å². The molecule has 0 aromatic heterocycles. The van der Waals surface area contributed by atoms with Gasteiger partial charge in [0.2, 0.25) is 5.91 Å². The Morgan fingerprint density at radius 1 is 1.43 bits per heavy atom. The highest BCUT2D eigenvalue weighted by atomic mass is 16.5. The number of nitrogens with one attached hydrogen (secondary N) is 2. The molecule has 1 amide bonds. The molecule has 2 heterocycles. The first kappa shape index (κ1) is 14.5. The molecule has 3 atom stereocenters. The molecule has 3 unspecified atom stereocenters. The van der Waals surface area contributed by atoms with Crippen LogP contribution in [0.2, 0.25) is 0 Å². The first-order valence-corrected chi connectivity index (χ1v) is 7.96. The number of carbonyl (C=O) groups excluding carboxylic acids is 1. The van der Waals surface area contributed by atoms with Crippen LogP contribution in [0.4, 0.5) is 5.69 Å². The van der Waals surface area contributed by atoms with E-state index >= 15 is 0 Å². The van der Waals surface area contributed by atoms with E-state index in [4.69, 9.17) is 4.74 Å². The fourth-order valence-electron chi connectivity index (χ4n) is 3.38. The lowest BCUT2D eigenvalue weighted by atomic mass is 9.90. The van der Waals surface area contributed by atoms with Gasteiger partial charge in [0.25, 0.3) is 0 Å². The second kappa shape index (κ2) is 6.16. The van der Waals surface area contributed by atoms with Crippen LogP contribution in [0.3, 0.4) is 0 Å². The number of hydrogen-bond donors (Lipinski definition) is 2. The van der Waals surface area contributed by atoms with Crippen molar-refractivity contribution in [1.29, 1.82) is 0 Å². The van der Waals surface area contributed by atoms with Gasteiger partial charge in [-0.3, -0.25) is 4.79 Å². The molecule has 1 aromatic rings. The molecule has 0 spiro atoms. The van der Waals surface area contributed by atoms with Crippen LogP contribution in [0.1, 0.15) is 43.9 Å². The van der Waals surface area contributed by atoms with Crippen molar-refractivity contribution in [3.63, 3.8) is 0 Å². The third-order valence-corrected chi connectivity index (χ3v) is 4.58. The number of anilines is 1. The molecule has 2 N–H and O–H groups in total. The molecule has 4 nitrogen and oxygen atoms in total. The Hall–Kier alpha value is -1.39. The molecule has 3 rings (SSSR count). The van der Waals surface area contributed by atoms with Crippen molar-refractivity contribution in [3.8, 4) is 0 Å². The molecule has 0 bridgehead atoms. The van der Waals surface area contributed by atoms with E-state index < -0.39 is 0 Å². The SMILES string of the molecule is CCNC(c1ccc2c(c1)CCC(=O)N2)C1OCCC1C. The Morgan fingerprint density at radius 2 is 2.29 bits per heavy atom. The van der Waals surface area contributed by atoms with Crippen LogP contribution >= 0.6 is 0 Å². The maximum atomic E-state index is 11.5. The smallest absolute Gasteiger partial charge is 0.224 e. The first-order chi connectivity index (χ1) is 10.2. The lowest BCUT2D eigenvalue weighted by Gasteiger charge is -2.28. The Bertz CT molecular complexity index is 530. The van der Waals surface area contributed by atoms with Gasteiger partial charge in [-0.15, -0.1) is 0 Å². The van der Waals surface area contributed by atoms with E-state index in [2.05, 4.69) is 36.6 Å². The number of fused-ring (bicyclic) bond motifs is 1. The van der Waals surface area contributed by atoms with Crippen LogP contribution in [0, 0.1) is 5.92 Å². The molecule has 21 heavy (non-hydrogen) atoms. The van der Waals surface area contributed by atoms with Gasteiger partial charge in [-0.2, -0.15) is 0 Å². The molecule has 114 valence electrons. The van der Waals surface area contributed by atoms with Gasteiger partial charge >= 0.3 is 0 Å². The van der Waals surface area contributed by atoms with Gasteiger partial charge < -0.3 is 15.4 Å². The summed E-state index contributed by atoms with van der Waals surface area (Å²) in [7, 11) is 0. The van der Waals surface area contributed by atoms with E-state index in [1.807, 2.05) is 6.07 Å². The van der Waals surface area contributed by atoms with Crippen molar-refractivity contribution < 1.29 is 9.53 Å². The van der Waals surface area contributed by atoms with Crippen LogP contribution < -0.4 is 10.6 Å². The van der Waals surface area contributed by atoms with Crippen LogP contribution in [-0.4, -0.2) is 25.2 Å². The van der Waals surface area contributed by atoms with Crippen molar-refractivity contribution >= 4 is 11.6 Å². The highest BCUT2D eigenvalue weighted by Crippen LogP contribution is 2.33. The van der Waals surface area contributed by atoms with Gasteiger partial charge in [-0.05, 0) is 42.5 Å². The third kappa shape index (κ3) is 2.97. The Kier molecular flexibility index (Phi) is 4.27. The van der Waals surface area contributed by atoms with Crippen molar-refractivity contribution in [2.24, 2.45) is 5.92 Å². The molecule has 2 aliphatic rings. The number of ether oxygens (including phenoxy) is 1. The monoisotopic (exact) mass is 288 g/mol. The minimum Gasteiger partial charge on any atom is -0.376 e. The van der Waals surface area contributed by atoms with Crippen molar-refractivity contribution in [2.45, 2.75) is 45.3 Å². The maximum Gasteiger partial charge on any atom is 0.224 e. The molecular weight excluding hydrogens is 264 g/mol. The predicted molar refractivity (Wildman–Crippen MR) is 83.3 cm³/mol. The summed E-state index contributed by atoms with van der Waals surface area (Å²) < 4.78 is 5.96. The highest BCUT2D eigenvalue weighted by molar-refractivity contribution is 5.93. The zero-order valence-corrected chi connectivity index (χ0v) is 12.8. The van der Waals surface area contributed by atoms with E-state index in [1.54, 1.807) is 0 Å². The third-order valence-electron chi connectivity index (χ3n) is 4.58. The van der Waals surface area contributed by atoms with Crippen molar-refractivity contribution in [2.75, 3.05) is 18.5 Å². The largest absolute Gasteiger partial charge is 0.376 e. The van der Waals surface area contributed by atoms with Gasteiger partial charge in [0.05, 0.1) is 12.1 Å². The second-order valence-electron chi connectivity index (χ2n) is 6.10. The molecule has 1 fully saturated rings. The zero-order valence-electron chi connectivity index (χ0n) is 12.8. The maximum absolute atomic E-state index is 11.5. The fraction of sp³-hybridized carbons (Fsp3) is 0.588. The Balaban J connectivity index is 1.87. The summed E-state index contributed by atoms with van der Waals surface area (Å²) in [6.07, 6.45) is 2.78. The number of amides is 1. The van der Waals surface area contributed by atoms with Gasteiger partial charge in [0.1, 0.15) is 0 Å². The van der Waals surface area contributed by atoms with E-state index in [9.17, 15) is 4.79 Å². The average Bonchev–Trinajstić information content (AvgIpc) is 2.90. The van der Waals surface area contributed by atoms with Gasteiger partial charge in [-0.1, -0.05) is 26.0 Å². The molecule has 0 saturated carbocycles. The van der Waals surface area contributed by atoms with Crippen molar-refractivity contribution in [1.82, 2.24) is 5.32 Å². The van der Waals surface area contributed by atoms with Crippen LogP contribution in [0.5, 0.6) is 0 Å². The first-order valence-electron chi connectivity index (χ1n) is 7.96. The van der Waals surface area contributed by atoms with Crippen LogP contribution in [0.25, 0.3) is 0 Å². The van der Waals surface area contributed by atoms with E-state index in [1.165, 1.54) is 11.1 Å². The zero-order chi connectivity index (χ0) is 14.8. The second-order valence-corrected chi connectivity index (χ2v) is 6.10. The molecule has 2 aliphatic heterocycles. The van der Waals surface area contributed by atoms with Gasteiger partial charge in [-0.25, -0.2) is 0 Å². The minimum absolute atomic E-state index is 0.117. The summed E-state index contributed by atoms with van der Waals surface area (Å²) >= 11 is 0. The number of hydrogen-bond acceptors (Lipinski definition) is 3. The molecule has 1 saturated heterocycles. The van der Waals surface area contributed by atoms with E-state index in [0.29, 0.717) is 12.3 Å². The Morgan fingerprint density at radius 3 is 3.00 bits per heavy atom. The Labute approximate surface area is 126 Å². The molecule has 1 aromatic carbocycles. The summed E-state index contributed by atoms with van der Waals surface area (Å²) in [5, 5.41) is 6.52. The summed E-state index contributed by atoms with van der Waals surface area (Å²) in [6, 6.07) is 6.62. The fourth-order valence-corrected chi connectivity index (χ4v) is 3.38. The standard InChI is InChI=1S/C17H24N2O2/c1-3-18-16(17-11(2)8-9-21-17)13-4-6-14-12(10-13)5-7-15(20)19-14/h4,6,10-11,16-18H,3,5,7-9H2,1-2H3,(H,19,20). The molecular formula is C17H24N2O2.